The van der Waals surface area contributed by atoms with Gasteiger partial charge in [0.15, 0.2) is 6.61 Å². The molecule has 0 aliphatic carbocycles. The predicted molar refractivity (Wildman–Crippen MR) is 68.5 cm³/mol. The molecule has 0 saturated heterocycles. The van der Waals surface area contributed by atoms with E-state index in [1.165, 1.54) is 5.39 Å². The smallest absolute Gasteiger partial charge is 0.233 e. The highest BCUT2D eigenvalue weighted by Crippen LogP contribution is 2.24. The monoisotopic (exact) mass is 262 g/mol. The van der Waals surface area contributed by atoms with Crippen molar-refractivity contribution in [2.24, 2.45) is 4.99 Å². The van der Waals surface area contributed by atoms with E-state index in [1.54, 1.807) is 0 Å². The van der Waals surface area contributed by atoms with Gasteiger partial charge in [-0.15, -0.1) is 0 Å². The van der Waals surface area contributed by atoms with Crippen LogP contribution in [-0.4, -0.2) is 25.5 Å². The van der Waals surface area contributed by atoms with Crippen molar-refractivity contribution in [1.29, 1.82) is 0 Å². The molecule has 0 bridgehead atoms. The van der Waals surface area contributed by atoms with E-state index in [2.05, 4.69) is 28.5 Å². The number of halogens is 1. The van der Waals surface area contributed by atoms with Gasteiger partial charge in [-0.25, -0.2) is 4.99 Å². The minimum Gasteiger partial charge on any atom is -1.00 e. The number of ether oxygens (including phenoxy) is 1. The summed E-state index contributed by atoms with van der Waals surface area (Å²) >= 11 is 0. The zero-order valence-electron chi connectivity index (χ0n) is 9.97. The van der Waals surface area contributed by atoms with Crippen LogP contribution < -0.4 is 22.5 Å². The molecule has 1 aliphatic rings. The van der Waals surface area contributed by atoms with Gasteiger partial charge in [-0.05, 0) is 11.5 Å². The lowest BCUT2D eigenvalue weighted by Crippen LogP contribution is -3.00. The van der Waals surface area contributed by atoms with E-state index in [4.69, 9.17) is 4.74 Å². The fourth-order valence-electron chi connectivity index (χ4n) is 2.08. The van der Waals surface area contributed by atoms with Gasteiger partial charge in [0.05, 0.1) is 6.54 Å². The van der Waals surface area contributed by atoms with Crippen LogP contribution in [0.15, 0.2) is 47.5 Å². The van der Waals surface area contributed by atoms with Crippen LogP contribution >= 0.6 is 0 Å². The summed E-state index contributed by atoms with van der Waals surface area (Å²) in [7, 11) is 0. The Labute approximate surface area is 112 Å². The normalized spacial score (nSPS) is 14.1. The summed E-state index contributed by atoms with van der Waals surface area (Å²) < 4.78 is 5.84. The summed E-state index contributed by atoms with van der Waals surface area (Å²) in [6.07, 6.45) is 0. The number of rotatable bonds is 3. The zero-order valence-corrected chi connectivity index (χ0v) is 10.7. The Morgan fingerprint density at radius 3 is 2.78 bits per heavy atom. The van der Waals surface area contributed by atoms with E-state index >= 15 is 0 Å². The second kappa shape index (κ2) is 5.85. The molecule has 2 aromatic rings. The van der Waals surface area contributed by atoms with Crippen LogP contribution in [0.25, 0.3) is 10.8 Å². The fraction of sp³-hybridized carbons (Fsp3) is 0.214. The Bertz CT molecular complexity index is 563. The third-order valence-corrected chi connectivity index (χ3v) is 2.95. The van der Waals surface area contributed by atoms with Gasteiger partial charge in [-0.3, -0.25) is 5.32 Å². The third-order valence-electron chi connectivity index (χ3n) is 2.95. The number of aliphatic imine (C=N–C) groups is 1. The zero-order chi connectivity index (χ0) is 11.5. The van der Waals surface area contributed by atoms with E-state index < -0.39 is 0 Å². The van der Waals surface area contributed by atoms with Gasteiger partial charge in [0, 0.05) is 5.39 Å². The van der Waals surface area contributed by atoms with E-state index in [-0.39, 0.29) is 12.4 Å². The van der Waals surface area contributed by atoms with Crippen molar-refractivity contribution in [2.45, 2.75) is 0 Å². The lowest BCUT2D eigenvalue weighted by molar-refractivity contribution is -0.530. The molecule has 0 amide bonds. The largest absolute Gasteiger partial charge is 1.00 e. The average Bonchev–Trinajstić information content (AvgIpc) is 2.89. The summed E-state index contributed by atoms with van der Waals surface area (Å²) in [4.78, 5) is 4.37. The number of nitrogens with two attached hydrogens (primary N) is 1. The first-order chi connectivity index (χ1) is 8.43. The van der Waals surface area contributed by atoms with Gasteiger partial charge in [0.1, 0.15) is 12.3 Å². The molecule has 0 spiro atoms. The SMILES string of the molecule is [Cl-].c1ccc2c(OCC3=NCC[NH2+]3)cccc2c1. The van der Waals surface area contributed by atoms with Crippen molar-refractivity contribution >= 4 is 16.6 Å². The topological polar surface area (TPSA) is 38.2 Å². The Morgan fingerprint density at radius 1 is 1.11 bits per heavy atom. The van der Waals surface area contributed by atoms with Crippen LogP contribution in [0.4, 0.5) is 0 Å². The molecule has 94 valence electrons. The fourth-order valence-corrected chi connectivity index (χ4v) is 2.08. The minimum absolute atomic E-state index is 0. The van der Waals surface area contributed by atoms with Crippen LogP contribution in [0.3, 0.4) is 0 Å². The number of nitrogens with zero attached hydrogens (tertiary/aromatic N) is 1. The number of hydrogen-bond acceptors (Lipinski definition) is 2. The summed E-state index contributed by atoms with van der Waals surface area (Å²) in [5, 5.41) is 4.52. The molecule has 2 aromatic carbocycles. The number of benzene rings is 2. The van der Waals surface area contributed by atoms with Crippen LogP contribution in [-0.2, 0) is 0 Å². The van der Waals surface area contributed by atoms with Crippen molar-refractivity contribution in [3.05, 3.63) is 42.5 Å². The Kier molecular flexibility index (Phi) is 4.18. The van der Waals surface area contributed by atoms with E-state index in [0.717, 1.165) is 30.1 Å². The average molecular weight is 263 g/mol. The second-order valence-electron chi connectivity index (χ2n) is 4.13. The Morgan fingerprint density at radius 2 is 1.94 bits per heavy atom. The lowest BCUT2D eigenvalue weighted by Gasteiger charge is -2.07. The second-order valence-corrected chi connectivity index (χ2v) is 4.13. The highest BCUT2D eigenvalue weighted by Gasteiger charge is 2.11. The lowest BCUT2D eigenvalue weighted by atomic mass is 10.1. The number of hydrogen-bond donors (Lipinski definition) is 1. The molecule has 3 nitrogen and oxygen atoms in total. The molecular formula is C14H15ClN2O. The molecular weight excluding hydrogens is 248 g/mol. The van der Waals surface area contributed by atoms with Gasteiger partial charge in [0.2, 0.25) is 5.84 Å². The number of fused-ring (bicyclic) bond motifs is 1. The van der Waals surface area contributed by atoms with E-state index in [0.29, 0.717) is 6.61 Å². The molecule has 0 unspecified atom stereocenters. The van der Waals surface area contributed by atoms with Gasteiger partial charge >= 0.3 is 0 Å². The van der Waals surface area contributed by atoms with E-state index in [1.807, 2.05) is 24.3 Å². The van der Waals surface area contributed by atoms with Gasteiger partial charge < -0.3 is 17.1 Å². The molecule has 4 heteroatoms. The molecule has 0 fully saturated rings. The molecule has 0 radical (unpaired) electrons. The van der Waals surface area contributed by atoms with Crippen LogP contribution in [0.1, 0.15) is 0 Å². The van der Waals surface area contributed by atoms with Crippen molar-refractivity contribution in [1.82, 2.24) is 0 Å². The van der Waals surface area contributed by atoms with Crippen molar-refractivity contribution < 1.29 is 22.5 Å². The van der Waals surface area contributed by atoms with E-state index in [9.17, 15) is 0 Å². The van der Waals surface area contributed by atoms with Crippen molar-refractivity contribution in [3.8, 4) is 5.75 Å². The van der Waals surface area contributed by atoms with Crippen LogP contribution in [0.5, 0.6) is 5.75 Å². The quantitative estimate of drug-likeness (QED) is 0.697. The maximum atomic E-state index is 5.84. The number of quaternary nitrogens is 1. The van der Waals surface area contributed by atoms with Crippen LogP contribution in [0, 0.1) is 0 Å². The Balaban J connectivity index is 0.00000120. The summed E-state index contributed by atoms with van der Waals surface area (Å²) in [5.74, 6) is 2.00. The first kappa shape index (κ1) is 12.9. The molecule has 1 aliphatic heterocycles. The van der Waals surface area contributed by atoms with Gasteiger partial charge in [-0.1, -0.05) is 36.4 Å². The molecule has 1 heterocycles. The highest BCUT2D eigenvalue weighted by atomic mass is 35.5. The third kappa shape index (κ3) is 2.63. The summed E-state index contributed by atoms with van der Waals surface area (Å²) in [5.41, 5.74) is 0. The highest BCUT2D eigenvalue weighted by molar-refractivity contribution is 5.88. The predicted octanol–water partition coefficient (Wildman–Crippen LogP) is -1.80. The maximum absolute atomic E-state index is 5.84. The molecule has 18 heavy (non-hydrogen) atoms. The van der Waals surface area contributed by atoms with Crippen molar-refractivity contribution in [3.63, 3.8) is 0 Å². The molecule has 0 aromatic heterocycles. The maximum Gasteiger partial charge on any atom is 0.233 e. The molecule has 3 rings (SSSR count). The first-order valence-corrected chi connectivity index (χ1v) is 5.90. The summed E-state index contributed by atoms with van der Waals surface area (Å²) in [6, 6.07) is 14.4. The van der Waals surface area contributed by atoms with Crippen molar-refractivity contribution in [2.75, 3.05) is 19.7 Å². The molecule has 0 atom stereocenters. The Hall–Kier alpha value is -1.58. The van der Waals surface area contributed by atoms with Crippen LogP contribution in [0.2, 0.25) is 0 Å². The first-order valence-electron chi connectivity index (χ1n) is 5.90. The minimum atomic E-state index is 0. The van der Waals surface area contributed by atoms with Gasteiger partial charge in [-0.2, -0.15) is 0 Å². The standard InChI is InChI=1S/C14H14N2O.ClH/c1-2-6-12-11(4-1)5-3-7-13(12)17-10-14-15-8-9-16-14;/h1-7H,8-10H2,(H,15,16);1H. The molecule has 0 saturated carbocycles. The molecule has 2 N–H and O–H groups in total. The number of amidine groups is 1. The van der Waals surface area contributed by atoms with Gasteiger partial charge in [0.25, 0.3) is 0 Å². The summed E-state index contributed by atoms with van der Waals surface area (Å²) in [6.45, 7) is 2.54.